The molecule has 0 bridgehead atoms. The lowest BCUT2D eigenvalue weighted by Crippen LogP contribution is -2.53. The number of carbonyl (C=O) groups is 2. The van der Waals surface area contributed by atoms with Gasteiger partial charge in [-0.1, -0.05) is 56.5 Å². The van der Waals surface area contributed by atoms with Crippen molar-refractivity contribution in [3.63, 3.8) is 0 Å². The summed E-state index contributed by atoms with van der Waals surface area (Å²) in [5, 5.41) is 7.46. The molecule has 2 aliphatic carbocycles. The highest BCUT2D eigenvalue weighted by molar-refractivity contribution is 8.04. The van der Waals surface area contributed by atoms with Gasteiger partial charge in [-0.2, -0.15) is 0 Å². The molecule has 0 aromatic heterocycles. The van der Waals surface area contributed by atoms with Crippen molar-refractivity contribution in [3.05, 3.63) is 39.8 Å². The topological polar surface area (TPSA) is 58.2 Å². The van der Waals surface area contributed by atoms with E-state index in [9.17, 15) is 9.59 Å². The zero-order valence-electron chi connectivity index (χ0n) is 17.7. The number of benzene rings is 1. The molecule has 2 N–H and O–H groups in total. The van der Waals surface area contributed by atoms with Crippen LogP contribution in [0.3, 0.4) is 0 Å². The predicted molar refractivity (Wildman–Crippen MR) is 124 cm³/mol. The fourth-order valence-electron chi connectivity index (χ4n) is 5.05. The van der Waals surface area contributed by atoms with Gasteiger partial charge in [0.15, 0.2) is 0 Å². The van der Waals surface area contributed by atoms with Gasteiger partial charge in [-0.3, -0.25) is 9.59 Å². The molecule has 4 rings (SSSR count). The van der Waals surface area contributed by atoms with Crippen LogP contribution >= 0.6 is 23.4 Å². The number of amides is 2. The summed E-state index contributed by atoms with van der Waals surface area (Å²) in [4.78, 5) is 26.4. The Morgan fingerprint density at radius 3 is 2.80 bits per heavy atom. The minimum Gasteiger partial charge on any atom is -0.353 e. The molecular weight excluding hydrogens is 416 g/mol. The Bertz CT molecular complexity index is 842. The molecule has 6 heteroatoms. The van der Waals surface area contributed by atoms with Gasteiger partial charge in [-0.25, -0.2) is 0 Å². The number of nitrogens with one attached hydrogen (secondary N) is 2. The molecule has 162 valence electrons. The van der Waals surface area contributed by atoms with E-state index in [0.29, 0.717) is 33.1 Å². The number of thioether (sulfide) groups is 1. The molecule has 4 nitrogen and oxygen atoms in total. The summed E-state index contributed by atoms with van der Waals surface area (Å²) in [7, 11) is 0. The van der Waals surface area contributed by atoms with Crippen molar-refractivity contribution in [3.8, 4) is 0 Å². The van der Waals surface area contributed by atoms with E-state index in [1.807, 2.05) is 30.3 Å². The van der Waals surface area contributed by atoms with Crippen LogP contribution in [-0.2, 0) is 9.59 Å². The smallest absolute Gasteiger partial charge is 0.257 e. The van der Waals surface area contributed by atoms with Crippen LogP contribution in [-0.4, -0.2) is 29.1 Å². The molecule has 1 saturated heterocycles. The van der Waals surface area contributed by atoms with Crippen LogP contribution < -0.4 is 10.6 Å². The van der Waals surface area contributed by atoms with Gasteiger partial charge in [0.1, 0.15) is 0 Å². The molecule has 6 atom stereocenters. The van der Waals surface area contributed by atoms with Gasteiger partial charge in [0, 0.05) is 28.3 Å². The van der Waals surface area contributed by atoms with Crippen LogP contribution in [0.1, 0.15) is 57.9 Å². The molecule has 3 fully saturated rings. The molecule has 0 spiro atoms. The lowest BCUT2D eigenvalue weighted by molar-refractivity contribution is -0.128. The van der Waals surface area contributed by atoms with Crippen molar-refractivity contribution in [1.82, 2.24) is 10.6 Å². The first-order valence-electron chi connectivity index (χ1n) is 11.2. The normalized spacial score (nSPS) is 35.4. The first-order chi connectivity index (χ1) is 14.4. The fraction of sp³-hybridized carbons (Fsp3) is 0.583. The van der Waals surface area contributed by atoms with E-state index < -0.39 is 0 Å². The maximum atomic E-state index is 13.0. The maximum absolute atomic E-state index is 13.0. The molecule has 1 heterocycles. The summed E-state index contributed by atoms with van der Waals surface area (Å²) < 4.78 is 0. The van der Waals surface area contributed by atoms with Crippen LogP contribution in [0.4, 0.5) is 0 Å². The second-order valence-electron chi connectivity index (χ2n) is 9.16. The van der Waals surface area contributed by atoms with Gasteiger partial charge >= 0.3 is 0 Å². The summed E-state index contributed by atoms with van der Waals surface area (Å²) in [5.41, 5.74) is 0.860. The van der Waals surface area contributed by atoms with Crippen LogP contribution in [0.2, 0.25) is 5.02 Å². The second kappa shape index (κ2) is 9.35. The third kappa shape index (κ3) is 4.72. The van der Waals surface area contributed by atoms with Gasteiger partial charge in [0.25, 0.3) is 5.91 Å². The highest BCUT2D eigenvalue weighted by Crippen LogP contribution is 2.40. The molecule has 6 unspecified atom stereocenters. The van der Waals surface area contributed by atoms with E-state index >= 15 is 0 Å². The van der Waals surface area contributed by atoms with E-state index in [2.05, 4.69) is 24.5 Å². The van der Waals surface area contributed by atoms with Gasteiger partial charge in [0.2, 0.25) is 5.91 Å². The average molecular weight is 447 g/mol. The SMILES string of the molecule is CC1CCCC(NC(=O)C2CCC3S/C(=C/c4ccccc4Cl)C(=O)NC3C2)C1C. The summed E-state index contributed by atoms with van der Waals surface area (Å²) in [6.07, 6.45) is 7.95. The Balaban J connectivity index is 1.37. The standard InChI is InChI=1S/C24H31ClN2O2S/c1-14-6-5-9-19(15(14)2)26-23(28)17-10-11-21-20(12-17)27-24(29)22(30-21)13-16-7-3-4-8-18(16)25/h3-4,7-8,13-15,17,19-21H,5-6,9-12H2,1-2H3,(H,26,28)(H,27,29)/b22-13+. The Morgan fingerprint density at radius 1 is 1.20 bits per heavy atom. The lowest BCUT2D eigenvalue weighted by atomic mass is 9.77. The van der Waals surface area contributed by atoms with Crippen LogP contribution in [0.15, 0.2) is 29.2 Å². The minimum absolute atomic E-state index is 0.00863. The van der Waals surface area contributed by atoms with E-state index in [4.69, 9.17) is 11.6 Å². The molecule has 2 amide bonds. The highest BCUT2D eigenvalue weighted by atomic mass is 35.5. The maximum Gasteiger partial charge on any atom is 0.257 e. The highest BCUT2D eigenvalue weighted by Gasteiger charge is 2.40. The summed E-state index contributed by atoms with van der Waals surface area (Å²) in [6.45, 7) is 4.55. The fourth-order valence-corrected chi connectivity index (χ4v) is 6.52. The first-order valence-corrected chi connectivity index (χ1v) is 12.4. The quantitative estimate of drug-likeness (QED) is 0.640. The number of fused-ring (bicyclic) bond motifs is 1. The zero-order valence-corrected chi connectivity index (χ0v) is 19.3. The van der Waals surface area contributed by atoms with Gasteiger partial charge in [-0.05, 0) is 55.2 Å². The Morgan fingerprint density at radius 2 is 2.00 bits per heavy atom. The number of halogens is 1. The molecule has 2 saturated carbocycles. The number of carbonyl (C=O) groups excluding carboxylic acids is 2. The predicted octanol–water partition coefficient (Wildman–Crippen LogP) is 5.02. The number of hydrogen-bond acceptors (Lipinski definition) is 3. The molecule has 3 aliphatic rings. The number of hydrogen-bond donors (Lipinski definition) is 2. The van der Waals surface area contributed by atoms with Crippen molar-refractivity contribution in [2.24, 2.45) is 17.8 Å². The third-order valence-electron chi connectivity index (χ3n) is 7.20. The Hall–Kier alpha value is -1.46. The van der Waals surface area contributed by atoms with Gasteiger partial charge in [0.05, 0.1) is 4.91 Å². The molecule has 1 aliphatic heterocycles. The van der Waals surface area contributed by atoms with Gasteiger partial charge < -0.3 is 10.6 Å². The van der Waals surface area contributed by atoms with Crippen LogP contribution in [0.25, 0.3) is 6.08 Å². The third-order valence-corrected chi connectivity index (χ3v) is 8.97. The monoisotopic (exact) mass is 446 g/mol. The minimum atomic E-state index is -0.0584. The number of rotatable bonds is 3. The van der Waals surface area contributed by atoms with Crippen molar-refractivity contribution < 1.29 is 9.59 Å². The Labute approximate surface area is 188 Å². The van der Waals surface area contributed by atoms with E-state index in [1.54, 1.807) is 11.8 Å². The summed E-state index contributed by atoms with van der Waals surface area (Å²) in [5.74, 6) is 1.30. The van der Waals surface area contributed by atoms with E-state index in [0.717, 1.165) is 31.2 Å². The molecule has 30 heavy (non-hydrogen) atoms. The van der Waals surface area contributed by atoms with Crippen molar-refractivity contribution >= 4 is 41.3 Å². The van der Waals surface area contributed by atoms with Crippen molar-refractivity contribution in [2.75, 3.05) is 0 Å². The lowest BCUT2D eigenvalue weighted by Gasteiger charge is -2.40. The molecular formula is C24H31ClN2O2S. The van der Waals surface area contributed by atoms with Crippen molar-refractivity contribution in [2.45, 2.75) is 69.7 Å². The Kier molecular flexibility index (Phi) is 6.78. The average Bonchev–Trinajstić information content (AvgIpc) is 2.73. The van der Waals surface area contributed by atoms with Crippen molar-refractivity contribution in [1.29, 1.82) is 0 Å². The van der Waals surface area contributed by atoms with Gasteiger partial charge in [-0.15, -0.1) is 11.8 Å². The molecule has 0 radical (unpaired) electrons. The largest absolute Gasteiger partial charge is 0.353 e. The van der Waals surface area contributed by atoms with Crippen LogP contribution in [0, 0.1) is 17.8 Å². The van der Waals surface area contributed by atoms with E-state index in [1.165, 1.54) is 12.8 Å². The molecule has 1 aromatic rings. The summed E-state index contributed by atoms with van der Waals surface area (Å²) in [6, 6.07) is 7.90. The first kappa shape index (κ1) is 21.8. The van der Waals surface area contributed by atoms with E-state index in [-0.39, 0.29) is 23.8 Å². The zero-order chi connectivity index (χ0) is 21.3. The van der Waals surface area contributed by atoms with Crippen LogP contribution in [0.5, 0.6) is 0 Å². The molecule has 1 aromatic carbocycles. The summed E-state index contributed by atoms with van der Waals surface area (Å²) >= 11 is 7.89. The second-order valence-corrected chi connectivity index (χ2v) is 10.8.